The molecule has 5 nitrogen and oxygen atoms in total. The molecule has 0 spiro atoms. The van der Waals surface area contributed by atoms with E-state index in [1.807, 2.05) is 0 Å². The predicted octanol–water partition coefficient (Wildman–Crippen LogP) is 1.44. The van der Waals surface area contributed by atoms with Crippen LogP contribution in [0.2, 0.25) is 0 Å². The molecule has 0 unspecified atom stereocenters. The number of nitrogens with zero attached hydrogens (tertiary/aromatic N) is 1. The van der Waals surface area contributed by atoms with E-state index in [0.717, 1.165) is 31.4 Å². The number of nitrogens with one attached hydrogen (secondary N) is 1. The van der Waals surface area contributed by atoms with E-state index in [9.17, 15) is 4.79 Å². The topological polar surface area (TPSA) is 81.1 Å². The van der Waals surface area contributed by atoms with E-state index in [1.165, 1.54) is 0 Å². The van der Waals surface area contributed by atoms with Gasteiger partial charge in [0.2, 0.25) is 0 Å². The van der Waals surface area contributed by atoms with Gasteiger partial charge in [0.1, 0.15) is 5.76 Å². The molecule has 0 bridgehead atoms. The zero-order valence-corrected chi connectivity index (χ0v) is 10.5. The molecule has 3 N–H and O–H groups in total. The SMILES string of the molecule is Cl.NCCCCNC(=O)c1cc(C2CC2)on1. The van der Waals surface area contributed by atoms with Gasteiger partial charge in [-0.2, -0.15) is 0 Å². The van der Waals surface area contributed by atoms with Gasteiger partial charge in [0.15, 0.2) is 5.69 Å². The summed E-state index contributed by atoms with van der Waals surface area (Å²) in [4.78, 5) is 11.6. The van der Waals surface area contributed by atoms with Crippen molar-refractivity contribution in [2.75, 3.05) is 13.1 Å². The Hall–Kier alpha value is -1.07. The summed E-state index contributed by atoms with van der Waals surface area (Å²) in [5.41, 5.74) is 5.74. The van der Waals surface area contributed by atoms with Crippen molar-refractivity contribution in [1.82, 2.24) is 10.5 Å². The van der Waals surface area contributed by atoms with Crippen LogP contribution >= 0.6 is 12.4 Å². The molecule has 1 heterocycles. The monoisotopic (exact) mass is 259 g/mol. The highest BCUT2D eigenvalue weighted by atomic mass is 35.5. The number of carbonyl (C=O) groups excluding carboxylic acids is 1. The van der Waals surface area contributed by atoms with Gasteiger partial charge in [-0.15, -0.1) is 12.4 Å². The molecule has 2 rings (SSSR count). The number of unbranched alkanes of at least 4 members (excludes halogenated alkanes) is 1. The van der Waals surface area contributed by atoms with Crippen LogP contribution in [0.5, 0.6) is 0 Å². The summed E-state index contributed by atoms with van der Waals surface area (Å²) >= 11 is 0. The van der Waals surface area contributed by atoms with E-state index in [4.69, 9.17) is 10.3 Å². The fraction of sp³-hybridized carbons (Fsp3) is 0.636. The smallest absolute Gasteiger partial charge is 0.273 e. The number of carbonyl (C=O) groups is 1. The molecule has 1 aromatic heterocycles. The van der Waals surface area contributed by atoms with Crippen LogP contribution in [-0.2, 0) is 0 Å². The molecule has 0 atom stereocenters. The summed E-state index contributed by atoms with van der Waals surface area (Å²) in [6.07, 6.45) is 4.11. The second kappa shape index (κ2) is 6.61. The lowest BCUT2D eigenvalue weighted by atomic mass is 10.2. The van der Waals surface area contributed by atoms with Crippen LogP contribution < -0.4 is 11.1 Å². The Balaban J connectivity index is 0.00000144. The fourth-order valence-corrected chi connectivity index (χ4v) is 1.52. The van der Waals surface area contributed by atoms with Crippen molar-refractivity contribution in [3.05, 3.63) is 17.5 Å². The molecule has 1 aliphatic carbocycles. The molecule has 0 aliphatic heterocycles. The third-order valence-corrected chi connectivity index (χ3v) is 2.66. The van der Waals surface area contributed by atoms with Gasteiger partial charge in [-0.1, -0.05) is 5.16 Å². The van der Waals surface area contributed by atoms with Crippen molar-refractivity contribution >= 4 is 18.3 Å². The molecule has 0 saturated heterocycles. The van der Waals surface area contributed by atoms with Crippen molar-refractivity contribution in [3.63, 3.8) is 0 Å². The predicted molar refractivity (Wildman–Crippen MR) is 66.3 cm³/mol. The van der Waals surface area contributed by atoms with Crippen LogP contribution in [0.1, 0.15) is 47.8 Å². The Morgan fingerprint density at radius 2 is 2.29 bits per heavy atom. The molecule has 1 fully saturated rings. The average molecular weight is 260 g/mol. The lowest BCUT2D eigenvalue weighted by Gasteiger charge is -2.00. The molecule has 1 aromatic rings. The summed E-state index contributed by atoms with van der Waals surface area (Å²) in [5, 5.41) is 6.55. The minimum atomic E-state index is -0.160. The van der Waals surface area contributed by atoms with Crippen LogP contribution in [0, 0.1) is 0 Å². The van der Waals surface area contributed by atoms with Gasteiger partial charge in [-0.3, -0.25) is 4.79 Å². The number of hydrogen-bond donors (Lipinski definition) is 2. The highest BCUT2D eigenvalue weighted by Crippen LogP contribution is 2.40. The van der Waals surface area contributed by atoms with E-state index in [-0.39, 0.29) is 18.3 Å². The fourth-order valence-electron chi connectivity index (χ4n) is 1.52. The molecular formula is C11H18ClN3O2. The number of rotatable bonds is 6. The second-order valence-corrected chi connectivity index (χ2v) is 4.14. The third-order valence-electron chi connectivity index (χ3n) is 2.66. The van der Waals surface area contributed by atoms with Crippen LogP contribution in [0.15, 0.2) is 10.6 Å². The summed E-state index contributed by atoms with van der Waals surface area (Å²) in [7, 11) is 0. The minimum absolute atomic E-state index is 0. The van der Waals surface area contributed by atoms with Crippen molar-refractivity contribution in [2.45, 2.75) is 31.6 Å². The van der Waals surface area contributed by atoms with Crippen LogP contribution in [-0.4, -0.2) is 24.2 Å². The largest absolute Gasteiger partial charge is 0.360 e. The van der Waals surface area contributed by atoms with E-state index in [2.05, 4.69) is 10.5 Å². The lowest BCUT2D eigenvalue weighted by molar-refractivity contribution is 0.0944. The average Bonchev–Trinajstić information content (AvgIpc) is 3.02. The zero-order valence-electron chi connectivity index (χ0n) is 9.65. The molecule has 6 heteroatoms. The normalized spacial score (nSPS) is 14.2. The Morgan fingerprint density at radius 3 is 2.94 bits per heavy atom. The van der Waals surface area contributed by atoms with Crippen molar-refractivity contribution in [1.29, 1.82) is 0 Å². The molecule has 1 amide bonds. The molecule has 96 valence electrons. The first-order valence-corrected chi connectivity index (χ1v) is 5.76. The summed E-state index contributed by atoms with van der Waals surface area (Å²) in [6, 6.07) is 1.75. The molecule has 1 saturated carbocycles. The van der Waals surface area contributed by atoms with Crippen molar-refractivity contribution < 1.29 is 9.32 Å². The lowest BCUT2D eigenvalue weighted by Crippen LogP contribution is -2.25. The first kappa shape index (κ1) is 14.0. The Morgan fingerprint density at radius 1 is 1.53 bits per heavy atom. The van der Waals surface area contributed by atoms with Crippen LogP contribution in [0.4, 0.5) is 0 Å². The third kappa shape index (κ3) is 4.02. The molecule has 17 heavy (non-hydrogen) atoms. The second-order valence-electron chi connectivity index (χ2n) is 4.14. The van der Waals surface area contributed by atoms with E-state index in [1.54, 1.807) is 6.07 Å². The van der Waals surface area contributed by atoms with Gasteiger partial charge in [-0.25, -0.2) is 0 Å². The molecule has 0 radical (unpaired) electrons. The number of hydrogen-bond acceptors (Lipinski definition) is 4. The number of halogens is 1. The summed E-state index contributed by atoms with van der Waals surface area (Å²) in [5.74, 6) is 1.17. The van der Waals surface area contributed by atoms with Gasteiger partial charge >= 0.3 is 0 Å². The number of amides is 1. The number of nitrogens with two attached hydrogens (primary N) is 1. The van der Waals surface area contributed by atoms with Gasteiger partial charge in [0, 0.05) is 18.5 Å². The van der Waals surface area contributed by atoms with Gasteiger partial charge in [-0.05, 0) is 32.2 Å². The highest BCUT2D eigenvalue weighted by molar-refractivity contribution is 5.92. The molecule has 0 aromatic carbocycles. The zero-order chi connectivity index (χ0) is 11.4. The van der Waals surface area contributed by atoms with E-state index >= 15 is 0 Å². The van der Waals surface area contributed by atoms with E-state index in [0.29, 0.717) is 24.7 Å². The highest BCUT2D eigenvalue weighted by Gasteiger charge is 2.28. The van der Waals surface area contributed by atoms with Crippen molar-refractivity contribution in [2.24, 2.45) is 5.73 Å². The Labute approximate surface area is 107 Å². The molecular weight excluding hydrogens is 242 g/mol. The summed E-state index contributed by atoms with van der Waals surface area (Å²) < 4.78 is 5.11. The number of aromatic nitrogens is 1. The van der Waals surface area contributed by atoms with Crippen molar-refractivity contribution in [3.8, 4) is 0 Å². The van der Waals surface area contributed by atoms with E-state index < -0.39 is 0 Å². The Kier molecular flexibility index (Phi) is 5.44. The van der Waals surface area contributed by atoms with Crippen LogP contribution in [0.25, 0.3) is 0 Å². The van der Waals surface area contributed by atoms with Gasteiger partial charge in [0.05, 0.1) is 0 Å². The van der Waals surface area contributed by atoms with Gasteiger partial charge in [0.25, 0.3) is 5.91 Å². The van der Waals surface area contributed by atoms with Gasteiger partial charge < -0.3 is 15.6 Å². The Bertz CT molecular complexity index is 363. The first-order chi connectivity index (χ1) is 7.81. The quantitative estimate of drug-likeness (QED) is 0.758. The maximum Gasteiger partial charge on any atom is 0.273 e. The minimum Gasteiger partial charge on any atom is -0.360 e. The maximum atomic E-state index is 11.6. The molecule has 1 aliphatic rings. The standard InChI is InChI=1S/C11H17N3O2.ClH/c12-5-1-2-6-13-11(15)9-7-10(16-14-9)8-3-4-8;/h7-8H,1-6,12H2,(H,13,15);1H. The van der Waals surface area contributed by atoms with Crippen LogP contribution in [0.3, 0.4) is 0 Å². The first-order valence-electron chi connectivity index (χ1n) is 5.76. The summed E-state index contributed by atoms with van der Waals surface area (Å²) in [6.45, 7) is 1.30. The maximum absolute atomic E-state index is 11.6.